The van der Waals surface area contributed by atoms with E-state index < -0.39 is 10.0 Å². The van der Waals surface area contributed by atoms with Gasteiger partial charge in [0, 0.05) is 17.7 Å². The Labute approximate surface area is 147 Å². The first-order chi connectivity index (χ1) is 12.0. The Balaban J connectivity index is 1.87. The molecule has 0 spiro atoms. The van der Waals surface area contributed by atoms with Crippen molar-refractivity contribution in [1.82, 2.24) is 9.61 Å². The number of primary sulfonamides is 1. The van der Waals surface area contributed by atoms with Crippen molar-refractivity contribution in [3.63, 3.8) is 0 Å². The van der Waals surface area contributed by atoms with Crippen molar-refractivity contribution < 1.29 is 8.42 Å². The van der Waals surface area contributed by atoms with Crippen LogP contribution in [0.2, 0.25) is 0 Å². The lowest BCUT2D eigenvalue weighted by Crippen LogP contribution is -2.11. The van der Waals surface area contributed by atoms with E-state index in [-0.39, 0.29) is 4.90 Å². The SMILES string of the molecule is NS(=O)(=O)c1ccc(-c2c(C3CCCCC3)nn3ccccc23)cc1. The summed E-state index contributed by atoms with van der Waals surface area (Å²) in [6.45, 7) is 0. The summed E-state index contributed by atoms with van der Waals surface area (Å²) in [5, 5.41) is 10.1. The largest absolute Gasteiger partial charge is 0.240 e. The molecule has 1 aliphatic rings. The molecule has 2 aromatic heterocycles. The van der Waals surface area contributed by atoms with Gasteiger partial charge >= 0.3 is 0 Å². The first kappa shape index (κ1) is 16.3. The number of hydrogen-bond donors (Lipinski definition) is 1. The van der Waals surface area contributed by atoms with Gasteiger partial charge in [0.25, 0.3) is 0 Å². The van der Waals surface area contributed by atoms with Gasteiger partial charge in [-0.3, -0.25) is 0 Å². The van der Waals surface area contributed by atoms with E-state index in [0.29, 0.717) is 5.92 Å². The van der Waals surface area contributed by atoms with Crippen molar-refractivity contribution >= 4 is 15.5 Å². The fraction of sp³-hybridized carbons (Fsp3) is 0.316. The smallest absolute Gasteiger partial charge is 0.238 e. The number of sulfonamides is 1. The van der Waals surface area contributed by atoms with Gasteiger partial charge in [-0.2, -0.15) is 5.10 Å². The Hall–Kier alpha value is -2.18. The summed E-state index contributed by atoms with van der Waals surface area (Å²) in [5.41, 5.74) is 4.25. The van der Waals surface area contributed by atoms with Crippen molar-refractivity contribution in [1.29, 1.82) is 0 Å². The molecule has 25 heavy (non-hydrogen) atoms. The third-order valence-electron chi connectivity index (χ3n) is 5.03. The molecule has 0 radical (unpaired) electrons. The zero-order valence-electron chi connectivity index (χ0n) is 13.9. The van der Waals surface area contributed by atoms with Crippen LogP contribution in [0.3, 0.4) is 0 Å². The third kappa shape index (κ3) is 3.07. The van der Waals surface area contributed by atoms with E-state index >= 15 is 0 Å². The number of rotatable bonds is 3. The number of benzene rings is 1. The molecular weight excluding hydrogens is 334 g/mol. The normalized spacial score (nSPS) is 16.4. The number of aromatic nitrogens is 2. The number of hydrogen-bond acceptors (Lipinski definition) is 3. The van der Waals surface area contributed by atoms with E-state index in [0.717, 1.165) is 35.2 Å². The summed E-state index contributed by atoms with van der Waals surface area (Å²) in [5.74, 6) is 0.460. The second-order valence-corrected chi connectivity index (χ2v) is 8.26. The summed E-state index contributed by atoms with van der Waals surface area (Å²) in [4.78, 5) is 0.131. The Morgan fingerprint density at radius 3 is 2.40 bits per heavy atom. The predicted molar refractivity (Wildman–Crippen MR) is 97.8 cm³/mol. The van der Waals surface area contributed by atoms with E-state index in [1.165, 1.54) is 19.3 Å². The minimum absolute atomic E-state index is 0.131. The van der Waals surface area contributed by atoms with Crippen LogP contribution in [0.1, 0.15) is 43.7 Å². The summed E-state index contributed by atoms with van der Waals surface area (Å²) in [6, 6.07) is 12.8. The van der Waals surface area contributed by atoms with E-state index in [2.05, 4.69) is 6.07 Å². The lowest BCUT2D eigenvalue weighted by Gasteiger charge is -2.21. The zero-order chi connectivity index (χ0) is 17.4. The molecule has 0 unspecified atom stereocenters. The summed E-state index contributed by atoms with van der Waals surface area (Å²) in [7, 11) is -3.68. The van der Waals surface area contributed by atoms with Crippen LogP contribution >= 0.6 is 0 Å². The minimum atomic E-state index is -3.68. The van der Waals surface area contributed by atoms with Gasteiger partial charge in [0.2, 0.25) is 10.0 Å². The second kappa shape index (κ2) is 6.28. The number of fused-ring (bicyclic) bond motifs is 1. The lowest BCUT2D eigenvalue weighted by molar-refractivity contribution is 0.436. The fourth-order valence-corrected chi connectivity index (χ4v) is 4.30. The molecular formula is C19H21N3O2S. The molecule has 130 valence electrons. The van der Waals surface area contributed by atoms with Crippen LogP contribution in [0.5, 0.6) is 0 Å². The van der Waals surface area contributed by atoms with Gasteiger partial charge in [-0.15, -0.1) is 0 Å². The van der Waals surface area contributed by atoms with Gasteiger partial charge in [-0.1, -0.05) is 37.5 Å². The van der Waals surface area contributed by atoms with Gasteiger partial charge in [0.05, 0.1) is 16.1 Å². The highest BCUT2D eigenvalue weighted by Crippen LogP contribution is 2.39. The highest BCUT2D eigenvalue weighted by molar-refractivity contribution is 7.89. The molecule has 0 amide bonds. The maximum absolute atomic E-state index is 11.5. The minimum Gasteiger partial charge on any atom is -0.240 e. The van der Waals surface area contributed by atoms with E-state index in [1.807, 2.05) is 35.0 Å². The zero-order valence-corrected chi connectivity index (χ0v) is 14.7. The van der Waals surface area contributed by atoms with Crippen LogP contribution in [-0.4, -0.2) is 18.0 Å². The van der Waals surface area contributed by atoms with Crippen molar-refractivity contribution in [3.8, 4) is 11.1 Å². The molecule has 6 heteroatoms. The van der Waals surface area contributed by atoms with Gasteiger partial charge in [0.15, 0.2) is 0 Å². The molecule has 5 nitrogen and oxygen atoms in total. The molecule has 1 saturated carbocycles. The Kier molecular flexibility index (Phi) is 4.09. The predicted octanol–water partition coefficient (Wildman–Crippen LogP) is 3.70. The Morgan fingerprint density at radius 2 is 1.72 bits per heavy atom. The molecule has 1 aliphatic carbocycles. The maximum atomic E-state index is 11.5. The lowest BCUT2D eigenvalue weighted by atomic mass is 9.84. The molecule has 4 rings (SSSR count). The average Bonchev–Trinajstić information content (AvgIpc) is 3.01. The molecule has 0 aliphatic heterocycles. The summed E-state index contributed by atoms with van der Waals surface area (Å²) in [6.07, 6.45) is 8.05. The van der Waals surface area contributed by atoms with Crippen LogP contribution in [0.4, 0.5) is 0 Å². The highest BCUT2D eigenvalue weighted by atomic mass is 32.2. The van der Waals surface area contributed by atoms with Gasteiger partial charge < -0.3 is 0 Å². The fourth-order valence-electron chi connectivity index (χ4n) is 3.79. The monoisotopic (exact) mass is 355 g/mol. The number of pyridine rings is 1. The quantitative estimate of drug-likeness (QED) is 0.778. The molecule has 0 atom stereocenters. The first-order valence-electron chi connectivity index (χ1n) is 8.64. The van der Waals surface area contributed by atoms with Crippen LogP contribution in [0.25, 0.3) is 16.6 Å². The summed E-state index contributed by atoms with van der Waals surface area (Å²) >= 11 is 0. The molecule has 1 fully saturated rings. The van der Waals surface area contributed by atoms with Crippen molar-refractivity contribution in [2.75, 3.05) is 0 Å². The number of nitrogens with zero attached hydrogens (tertiary/aromatic N) is 2. The van der Waals surface area contributed by atoms with Gasteiger partial charge in [0.1, 0.15) is 0 Å². The standard InChI is InChI=1S/C19H21N3O2S/c20-25(23,24)16-11-9-14(10-12-16)18-17-8-4-5-13-22(17)21-19(18)15-6-2-1-3-7-15/h4-5,8-13,15H,1-3,6-7H2,(H2,20,23,24). The molecule has 2 heterocycles. The number of nitrogens with two attached hydrogens (primary N) is 1. The van der Waals surface area contributed by atoms with Crippen LogP contribution < -0.4 is 5.14 Å². The molecule has 2 N–H and O–H groups in total. The van der Waals surface area contributed by atoms with Crippen LogP contribution in [0.15, 0.2) is 53.6 Å². The molecule has 3 aromatic rings. The van der Waals surface area contributed by atoms with Gasteiger partial charge in [-0.25, -0.2) is 18.1 Å². The summed E-state index contributed by atoms with van der Waals surface area (Å²) < 4.78 is 25.0. The van der Waals surface area contributed by atoms with E-state index in [1.54, 1.807) is 12.1 Å². The highest BCUT2D eigenvalue weighted by Gasteiger charge is 2.24. The van der Waals surface area contributed by atoms with Gasteiger partial charge in [-0.05, 0) is 42.7 Å². The average molecular weight is 355 g/mol. The molecule has 0 saturated heterocycles. The van der Waals surface area contributed by atoms with E-state index in [9.17, 15) is 8.42 Å². The maximum Gasteiger partial charge on any atom is 0.238 e. The van der Waals surface area contributed by atoms with Crippen molar-refractivity contribution in [2.45, 2.75) is 42.9 Å². The molecule has 1 aromatic carbocycles. The Bertz CT molecular complexity index is 1000. The second-order valence-electron chi connectivity index (χ2n) is 6.70. The first-order valence-corrected chi connectivity index (χ1v) is 10.2. The van der Waals surface area contributed by atoms with Crippen LogP contribution in [0, 0.1) is 0 Å². The third-order valence-corrected chi connectivity index (χ3v) is 5.96. The Morgan fingerprint density at radius 1 is 1.00 bits per heavy atom. The molecule has 0 bridgehead atoms. The van der Waals surface area contributed by atoms with Crippen LogP contribution in [-0.2, 0) is 10.0 Å². The van der Waals surface area contributed by atoms with E-state index in [4.69, 9.17) is 10.2 Å². The van der Waals surface area contributed by atoms with Crippen molar-refractivity contribution in [2.24, 2.45) is 5.14 Å². The topological polar surface area (TPSA) is 77.5 Å². The van der Waals surface area contributed by atoms with Crippen molar-refractivity contribution in [3.05, 3.63) is 54.4 Å².